The first-order valence-electron chi connectivity index (χ1n) is 7.96. The average Bonchev–Trinajstić information content (AvgIpc) is 3.10. The molecule has 0 amide bonds. The van der Waals surface area contributed by atoms with E-state index in [9.17, 15) is 16.8 Å². The van der Waals surface area contributed by atoms with Crippen LogP contribution < -0.4 is 0 Å². The number of hydrogen-bond donors (Lipinski definition) is 0. The molecule has 1 heterocycles. The Morgan fingerprint density at radius 2 is 1.56 bits per heavy atom. The molecule has 0 aliphatic rings. The fraction of sp³-hybridized carbons (Fsp3) is 0.167. The molecule has 0 aliphatic carbocycles. The number of oxazole rings is 1. The van der Waals surface area contributed by atoms with Gasteiger partial charge in [-0.2, -0.15) is 4.98 Å². The highest BCUT2D eigenvalue weighted by Crippen LogP contribution is 2.32. The van der Waals surface area contributed by atoms with Gasteiger partial charge < -0.3 is 4.42 Å². The Hall–Kier alpha value is -1.97. The van der Waals surface area contributed by atoms with E-state index in [1.807, 2.05) is 6.92 Å². The second kappa shape index (κ2) is 7.21. The first-order chi connectivity index (χ1) is 12.6. The molecule has 0 bridgehead atoms. The second-order valence-corrected chi connectivity index (χ2v) is 10.8. The normalized spacial score (nSPS) is 12.3. The van der Waals surface area contributed by atoms with E-state index in [1.165, 1.54) is 19.1 Å². The minimum absolute atomic E-state index is 0.0577. The predicted molar refractivity (Wildman–Crippen MR) is 104 cm³/mol. The van der Waals surface area contributed by atoms with Crippen LogP contribution in [0.5, 0.6) is 0 Å². The molecule has 0 fully saturated rings. The standard InChI is InChI=1S/C18H16BrNO5S2/c1-3-26(21,22)18-17(27(23,24)15-10-8-14(19)9-11-15)20-16(25-18)13-6-4-12(2)5-7-13/h4-11H,3H2,1-2H3. The van der Waals surface area contributed by atoms with E-state index in [1.54, 1.807) is 36.4 Å². The molecule has 3 aromatic rings. The maximum absolute atomic E-state index is 13.0. The topological polar surface area (TPSA) is 94.3 Å². The first-order valence-corrected chi connectivity index (χ1v) is 11.9. The van der Waals surface area contributed by atoms with E-state index in [0.717, 1.165) is 5.56 Å². The quantitative estimate of drug-likeness (QED) is 0.559. The van der Waals surface area contributed by atoms with Crippen LogP contribution in [0.25, 0.3) is 11.5 Å². The van der Waals surface area contributed by atoms with Crippen LogP contribution in [0.1, 0.15) is 12.5 Å². The molecule has 2 aromatic carbocycles. The van der Waals surface area contributed by atoms with Gasteiger partial charge in [-0.3, -0.25) is 0 Å². The Morgan fingerprint density at radius 3 is 2.11 bits per heavy atom. The number of aromatic nitrogens is 1. The molecule has 0 aliphatic heterocycles. The molecule has 0 saturated carbocycles. The molecule has 0 atom stereocenters. The monoisotopic (exact) mass is 469 g/mol. The van der Waals surface area contributed by atoms with Crippen molar-refractivity contribution in [1.82, 2.24) is 4.98 Å². The zero-order chi connectivity index (χ0) is 19.8. The summed E-state index contributed by atoms with van der Waals surface area (Å²) < 4.78 is 57.1. The summed E-state index contributed by atoms with van der Waals surface area (Å²) in [4.78, 5) is 3.98. The third kappa shape index (κ3) is 3.85. The van der Waals surface area contributed by atoms with Crippen LogP contribution >= 0.6 is 15.9 Å². The van der Waals surface area contributed by atoms with Gasteiger partial charge in [0.05, 0.1) is 10.6 Å². The lowest BCUT2D eigenvalue weighted by atomic mass is 10.1. The lowest BCUT2D eigenvalue weighted by Gasteiger charge is -2.03. The van der Waals surface area contributed by atoms with Gasteiger partial charge in [0, 0.05) is 10.0 Å². The fourth-order valence-corrected chi connectivity index (χ4v) is 5.27. The zero-order valence-electron chi connectivity index (χ0n) is 14.5. The molecule has 27 heavy (non-hydrogen) atoms. The first kappa shape index (κ1) is 19.8. The van der Waals surface area contributed by atoms with Gasteiger partial charge >= 0.3 is 0 Å². The van der Waals surface area contributed by atoms with Gasteiger partial charge in [-0.25, -0.2) is 16.8 Å². The molecule has 3 rings (SSSR count). The molecule has 0 saturated heterocycles. The van der Waals surface area contributed by atoms with Gasteiger partial charge in [-0.15, -0.1) is 0 Å². The van der Waals surface area contributed by atoms with E-state index >= 15 is 0 Å². The number of rotatable bonds is 5. The van der Waals surface area contributed by atoms with Gasteiger partial charge in [0.2, 0.25) is 30.6 Å². The smallest absolute Gasteiger partial charge is 0.258 e. The van der Waals surface area contributed by atoms with E-state index in [-0.39, 0.29) is 16.5 Å². The lowest BCUT2D eigenvalue weighted by molar-refractivity contribution is 0.445. The molecule has 0 spiro atoms. The molecule has 9 heteroatoms. The van der Waals surface area contributed by atoms with Crippen LogP contribution in [0, 0.1) is 6.92 Å². The summed E-state index contributed by atoms with van der Waals surface area (Å²) in [6.45, 7) is 3.31. The number of sulfone groups is 2. The molecule has 142 valence electrons. The average molecular weight is 470 g/mol. The van der Waals surface area contributed by atoms with Crippen LogP contribution in [0.3, 0.4) is 0 Å². The van der Waals surface area contributed by atoms with E-state index < -0.39 is 29.8 Å². The third-order valence-electron chi connectivity index (χ3n) is 3.91. The van der Waals surface area contributed by atoms with Crippen molar-refractivity contribution in [2.45, 2.75) is 28.9 Å². The van der Waals surface area contributed by atoms with Gasteiger partial charge in [0.25, 0.3) is 5.09 Å². The Labute approximate surface area is 166 Å². The molecular formula is C18H16BrNO5S2. The van der Waals surface area contributed by atoms with Crippen molar-refractivity contribution >= 4 is 35.6 Å². The number of halogens is 1. The summed E-state index contributed by atoms with van der Waals surface area (Å²) >= 11 is 3.24. The third-order valence-corrected chi connectivity index (χ3v) is 7.84. The Balaban J connectivity index is 2.24. The summed E-state index contributed by atoms with van der Waals surface area (Å²) in [7, 11) is -8.12. The highest BCUT2D eigenvalue weighted by atomic mass is 79.9. The van der Waals surface area contributed by atoms with Crippen LogP contribution in [-0.2, 0) is 19.7 Å². The van der Waals surface area contributed by atoms with Crippen molar-refractivity contribution in [3.05, 3.63) is 58.6 Å². The molecular weight excluding hydrogens is 454 g/mol. The van der Waals surface area contributed by atoms with Crippen molar-refractivity contribution in [2.24, 2.45) is 0 Å². The number of hydrogen-bond acceptors (Lipinski definition) is 6. The minimum atomic E-state index is -4.18. The Kier molecular flexibility index (Phi) is 5.29. The number of nitrogens with zero attached hydrogens (tertiary/aromatic N) is 1. The van der Waals surface area contributed by atoms with Crippen molar-refractivity contribution in [2.75, 3.05) is 5.75 Å². The predicted octanol–water partition coefficient (Wildman–Crippen LogP) is 4.04. The largest absolute Gasteiger partial charge is 0.423 e. The molecule has 0 radical (unpaired) electrons. The Morgan fingerprint density at radius 1 is 0.963 bits per heavy atom. The van der Waals surface area contributed by atoms with E-state index in [0.29, 0.717) is 10.0 Å². The van der Waals surface area contributed by atoms with Crippen LogP contribution in [-0.4, -0.2) is 27.6 Å². The minimum Gasteiger partial charge on any atom is -0.423 e. The zero-order valence-corrected chi connectivity index (χ0v) is 17.7. The molecule has 0 unspecified atom stereocenters. The summed E-state index contributed by atoms with van der Waals surface area (Å²) in [5.74, 6) is -0.365. The molecule has 0 N–H and O–H groups in total. The van der Waals surface area contributed by atoms with Gasteiger partial charge in [-0.1, -0.05) is 40.5 Å². The van der Waals surface area contributed by atoms with Crippen molar-refractivity contribution in [3.63, 3.8) is 0 Å². The van der Waals surface area contributed by atoms with Gasteiger partial charge in [0.1, 0.15) is 0 Å². The maximum Gasteiger partial charge on any atom is 0.258 e. The lowest BCUT2D eigenvalue weighted by Crippen LogP contribution is -2.10. The van der Waals surface area contributed by atoms with Gasteiger partial charge in [0.15, 0.2) is 0 Å². The number of benzene rings is 2. The van der Waals surface area contributed by atoms with Crippen molar-refractivity contribution < 1.29 is 21.3 Å². The second-order valence-electron chi connectivity index (χ2n) is 5.84. The Bertz CT molecular complexity index is 1180. The summed E-state index contributed by atoms with van der Waals surface area (Å²) in [6, 6.07) is 12.9. The summed E-state index contributed by atoms with van der Waals surface area (Å²) in [5.41, 5.74) is 1.49. The highest BCUT2D eigenvalue weighted by Gasteiger charge is 2.34. The highest BCUT2D eigenvalue weighted by molar-refractivity contribution is 9.10. The molecule has 6 nitrogen and oxygen atoms in total. The SMILES string of the molecule is CCS(=O)(=O)c1oc(-c2ccc(C)cc2)nc1S(=O)(=O)c1ccc(Br)cc1. The number of aryl methyl sites for hydroxylation is 1. The summed E-state index contributed by atoms with van der Waals surface area (Å²) in [6.07, 6.45) is 0. The summed E-state index contributed by atoms with van der Waals surface area (Å²) in [5, 5.41) is -1.23. The van der Waals surface area contributed by atoms with Crippen LogP contribution in [0.4, 0.5) is 0 Å². The fourth-order valence-electron chi connectivity index (χ4n) is 2.33. The van der Waals surface area contributed by atoms with Crippen molar-refractivity contribution in [1.29, 1.82) is 0 Å². The van der Waals surface area contributed by atoms with E-state index in [4.69, 9.17) is 4.42 Å². The van der Waals surface area contributed by atoms with Crippen molar-refractivity contribution in [3.8, 4) is 11.5 Å². The van der Waals surface area contributed by atoms with Gasteiger partial charge in [-0.05, 0) is 43.3 Å². The maximum atomic E-state index is 13.0. The van der Waals surface area contributed by atoms with Crippen LogP contribution in [0.15, 0.2) is 72.4 Å². The van der Waals surface area contributed by atoms with E-state index in [2.05, 4.69) is 20.9 Å². The van der Waals surface area contributed by atoms with Crippen LogP contribution in [0.2, 0.25) is 0 Å². The molecule has 1 aromatic heterocycles.